The molecule has 2 heterocycles. The number of pyridine rings is 1. The number of nitrogens with zero attached hydrogens (tertiary/aromatic N) is 2. The van der Waals surface area contributed by atoms with Gasteiger partial charge in [0.1, 0.15) is 11.1 Å². The van der Waals surface area contributed by atoms with Gasteiger partial charge in [-0.25, -0.2) is 4.79 Å². The zero-order valence-corrected chi connectivity index (χ0v) is 14.9. The Morgan fingerprint density at radius 2 is 1.96 bits per heavy atom. The number of carbonyl (C=O) groups excluding carboxylic acids is 1. The number of rotatable bonds is 6. The fourth-order valence-electron chi connectivity index (χ4n) is 2.81. The molecule has 1 N–H and O–H groups in total. The molecule has 1 amide bonds. The summed E-state index contributed by atoms with van der Waals surface area (Å²) >= 11 is 0. The molecule has 0 saturated heterocycles. The Morgan fingerprint density at radius 1 is 1.15 bits per heavy atom. The van der Waals surface area contributed by atoms with Gasteiger partial charge in [-0.05, 0) is 44.2 Å². The molecule has 0 atom stereocenters. The number of hydrogen-bond acceptors (Lipinski definition) is 5. The molecule has 3 aromatic rings. The van der Waals surface area contributed by atoms with Gasteiger partial charge in [0.2, 0.25) is 0 Å². The van der Waals surface area contributed by atoms with E-state index in [9.17, 15) is 9.59 Å². The van der Waals surface area contributed by atoms with Crippen molar-refractivity contribution in [1.82, 2.24) is 10.3 Å². The largest absolute Gasteiger partial charge is 0.422 e. The Bertz CT molecular complexity index is 963. The Balaban J connectivity index is 1.85. The second-order valence-electron chi connectivity index (χ2n) is 5.85. The minimum Gasteiger partial charge on any atom is -0.422 e. The van der Waals surface area contributed by atoms with Crippen molar-refractivity contribution in [2.24, 2.45) is 0 Å². The number of carbonyl (C=O) groups is 1. The first-order valence-electron chi connectivity index (χ1n) is 8.63. The molecular weight excluding hydrogens is 330 g/mol. The topological polar surface area (TPSA) is 75.4 Å². The van der Waals surface area contributed by atoms with Crippen molar-refractivity contribution in [3.05, 3.63) is 70.3 Å². The molecule has 0 aliphatic carbocycles. The van der Waals surface area contributed by atoms with Crippen molar-refractivity contribution in [2.45, 2.75) is 20.4 Å². The number of aromatic nitrogens is 1. The third kappa shape index (κ3) is 3.74. The zero-order chi connectivity index (χ0) is 18.5. The Kier molecular flexibility index (Phi) is 5.31. The molecule has 134 valence electrons. The van der Waals surface area contributed by atoms with E-state index >= 15 is 0 Å². The monoisotopic (exact) mass is 351 g/mol. The average molecular weight is 351 g/mol. The van der Waals surface area contributed by atoms with Gasteiger partial charge in [-0.3, -0.25) is 9.78 Å². The van der Waals surface area contributed by atoms with Crippen LogP contribution in [0.15, 0.2) is 57.9 Å². The molecular formula is C20H21N3O3. The average Bonchev–Trinajstić information content (AvgIpc) is 2.67. The number of nitrogens with one attached hydrogen (secondary N) is 1. The fourth-order valence-corrected chi connectivity index (χ4v) is 2.81. The van der Waals surface area contributed by atoms with Gasteiger partial charge in [-0.15, -0.1) is 0 Å². The van der Waals surface area contributed by atoms with Crippen LogP contribution in [0.2, 0.25) is 0 Å². The van der Waals surface area contributed by atoms with Gasteiger partial charge in [-0.1, -0.05) is 6.07 Å². The molecule has 0 bridgehead atoms. The predicted molar refractivity (Wildman–Crippen MR) is 101 cm³/mol. The van der Waals surface area contributed by atoms with E-state index in [2.05, 4.69) is 29.0 Å². The Morgan fingerprint density at radius 3 is 2.65 bits per heavy atom. The first-order valence-corrected chi connectivity index (χ1v) is 8.63. The summed E-state index contributed by atoms with van der Waals surface area (Å²) in [5.41, 5.74) is 1.52. The van der Waals surface area contributed by atoms with Crippen LogP contribution in [0.1, 0.15) is 29.9 Å². The van der Waals surface area contributed by atoms with Gasteiger partial charge in [-0.2, -0.15) is 0 Å². The van der Waals surface area contributed by atoms with Crippen LogP contribution in [0.25, 0.3) is 11.0 Å². The molecule has 0 aliphatic heterocycles. The summed E-state index contributed by atoms with van der Waals surface area (Å²) in [5, 5.41) is 3.41. The van der Waals surface area contributed by atoms with E-state index in [1.807, 2.05) is 24.3 Å². The summed E-state index contributed by atoms with van der Waals surface area (Å²) in [6.45, 7) is 6.11. The normalized spacial score (nSPS) is 10.7. The molecule has 0 radical (unpaired) electrons. The lowest BCUT2D eigenvalue weighted by molar-refractivity contribution is 0.0947. The molecule has 1 aromatic carbocycles. The minimum atomic E-state index is -0.646. The Labute approximate surface area is 151 Å². The molecule has 6 heteroatoms. The molecule has 0 spiro atoms. The van der Waals surface area contributed by atoms with Crippen LogP contribution < -0.4 is 15.8 Å². The number of anilines is 1. The first-order chi connectivity index (χ1) is 12.6. The van der Waals surface area contributed by atoms with E-state index in [1.165, 1.54) is 0 Å². The summed E-state index contributed by atoms with van der Waals surface area (Å²) in [4.78, 5) is 30.9. The van der Waals surface area contributed by atoms with Crippen molar-refractivity contribution < 1.29 is 9.21 Å². The third-order valence-electron chi connectivity index (χ3n) is 4.25. The molecule has 0 saturated carbocycles. The van der Waals surface area contributed by atoms with Crippen molar-refractivity contribution >= 4 is 22.6 Å². The van der Waals surface area contributed by atoms with Crippen molar-refractivity contribution in [1.29, 1.82) is 0 Å². The molecule has 6 nitrogen and oxygen atoms in total. The first kappa shape index (κ1) is 17.7. The van der Waals surface area contributed by atoms with E-state index in [0.717, 1.165) is 24.5 Å². The number of hydrogen-bond donors (Lipinski definition) is 1. The summed E-state index contributed by atoms with van der Waals surface area (Å²) in [5.74, 6) is -0.473. The predicted octanol–water partition coefficient (Wildman–Crippen LogP) is 2.96. The maximum absolute atomic E-state index is 12.3. The number of fused-ring (bicyclic) bond motifs is 1. The fraction of sp³-hybridized carbons (Fsp3) is 0.250. The van der Waals surface area contributed by atoms with Gasteiger partial charge in [0, 0.05) is 36.4 Å². The van der Waals surface area contributed by atoms with E-state index < -0.39 is 11.5 Å². The van der Waals surface area contributed by atoms with Crippen LogP contribution in [-0.2, 0) is 6.54 Å². The van der Waals surface area contributed by atoms with Crippen LogP contribution >= 0.6 is 0 Å². The SMILES string of the molecule is CCN(CC)c1ccc2cc(C(=O)NCc3ccccn3)c(=O)oc2c1. The number of benzene rings is 1. The molecule has 0 fully saturated rings. The maximum Gasteiger partial charge on any atom is 0.349 e. The maximum atomic E-state index is 12.3. The highest BCUT2D eigenvalue weighted by Gasteiger charge is 2.14. The molecule has 0 aliphatic rings. The standard InChI is InChI=1S/C20H21N3O3/c1-3-23(4-2)16-9-8-14-11-17(20(25)26-18(14)12-16)19(24)22-13-15-7-5-6-10-21-15/h5-12H,3-4,13H2,1-2H3,(H,22,24). The lowest BCUT2D eigenvalue weighted by atomic mass is 10.1. The lowest BCUT2D eigenvalue weighted by Crippen LogP contribution is -2.28. The van der Waals surface area contributed by atoms with Crippen LogP contribution in [0.5, 0.6) is 0 Å². The van der Waals surface area contributed by atoms with Gasteiger partial charge in [0.25, 0.3) is 5.91 Å². The van der Waals surface area contributed by atoms with Crippen LogP contribution in [0, 0.1) is 0 Å². The van der Waals surface area contributed by atoms with Crippen molar-refractivity contribution in [3.63, 3.8) is 0 Å². The van der Waals surface area contributed by atoms with Gasteiger partial charge in [0.15, 0.2) is 0 Å². The lowest BCUT2D eigenvalue weighted by Gasteiger charge is -2.21. The smallest absolute Gasteiger partial charge is 0.349 e. The van der Waals surface area contributed by atoms with Crippen LogP contribution in [0.3, 0.4) is 0 Å². The van der Waals surface area contributed by atoms with E-state index in [1.54, 1.807) is 24.4 Å². The highest BCUT2D eigenvalue weighted by Crippen LogP contribution is 2.22. The summed E-state index contributed by atoms with van der Waals surface area (Å²) in [6, 6.07) is 12.7. The zero-order valence-electron chi connectivity index (χ0n) is 14.9. The van der Waals surface area contributed by atoms with Gasteiger partial charge >= 0.3 is 5.63 Å². The summed E-state index contributed by atoms with van der Waals surface area (Å²) in [6.07, 6.45) is 1.65. The van der Waals surface area contributed by atoms with Crippen molar-refractivity contribution in [2.75, 3.05) is 18.0 Å². The second kappa shape index (κ2) is 7.82. The second-order valence-corrected chi connectivity index (χ2v) is 5.85. The molecule has 26 heavy (non-hydrogen) atoms. The van der Waals surface area contributed by atoms with Crippen LogP contribution in [0.4, 0.5) is 5.69 Å². The summed E-state index contributed by atoms with van der Waals surface area (Å²) in [7, 11) is 0. The minimum absolute atomic E-state index is 0.0102. The summed E-state index contributed by atoms with van der Waals surface area (Å²) < 4.78 is 5.39. The van der Waals surface area contributed by atoms with Gasteiger partial charge in [0.05, 0.1) is 12.2 Å². The van der Waals surface area contributed by atoms with E-state index in [4.69, 9.17) is 4.42 Å². The molecule has 0 unspecified atom stereocenters. The van der Waals surface area contributed by atoms with Gasteiger partial charge < -0.3 is 14.6 Å². The van der Waals surface area contributed by atoms with Crippen LogP contribution in [-0.4, -0.2) is 24.0 Å². The molecule has 2 aromatic heterocycles. The quantitative estimate of drug-likeness (QED) is 0.691. The highest BCUT2D eigenvalue weighted by atomic mass is 16.4. The van der Waals surface area contributed by atoms with Crippen molar-refractivity contribution in [3.8, 4) is 0 Å². The molecule has 3 rings (SSSR count). The van der Waals surface area contributed by atoms with E-state index in [-0.39, 0.29) is 12.1 Å². The highest BCUT2D eigenvalue weighted by molar-refractivity contribution is 5.96. The third-order valence-corrected chi connectivity index (χ3v) is 4.25. The Hall–Kier alpha value is -3.15. The number of amides is 1. The van der Waals surface area contributed by atoms with E-state index in [0.29, 0.717) is 11.0 Å².